The molecule has 1 amide bonds. The molecule has 1 saturated heterocycles. The standard InChI is InChI=1S/C23H24FN3O2/c24-20-8-6-19(7-9-20)21-16-25-22(29-21)10-11-23(28)27-14-12-26(13-15-27)17-18-4-2-1-3-5-18/h1-9,16H,10-15,17H2. The van der Waals surface area contributed by atoms with Gasteiger partial charge in [0.2, 0.25) is 5.91 Å². The van der Waals surface area contributed by atoms with Crippen molar-refractivity contribution in [2.24, 2.45) is 0 Å². The van der Waals surface area contributed by atoms with Gasteiger partial charge in [-0.3, -0.25) is 9.69 Å². The summed E-state index contributed by atoms with van der Waals surface area (Å²) in [5.41, 5.74) is 2.07. The zero-order valence-electron chi connectivity index (χ0n) is 16.3. The van der Waals surface area contributed by atoms with Gasteiger partial charge in [0.15, 0.2) is 11.7 Å². The number of aryl methyl sites for hydroxylation is 1. The van der Waals surface area contributed by atoms with E-state index < -0.39 is 0 Å². The molecule has 0 bridgehead atoms. The molecule has 5 nitrogen and oxygen atoms in total. The quantitative estimate of drug-likeness (QED) is 0.640. The number of oxazole rings is 1. The van der Waals surface area contributed by atoms with Gasteiger partial charge in [-0.25, -0.2) is 9.37 Å². The molecule has 1 aliphatic heterocycles. The number of amides is 1. The first-order chi connectivity index (χ1) is 14.2. The molecule has 0 unspecified atom stereocenters. The number of piperazine rings is 1. The van der Waals surface area contributed by atoms with Crippen molar-refractivity contribution in [3.8, 4) is 11.3 Å². The van der Waals surface area contributed by atoms with Crippen LogP contribution in [0.5, 0.6) is 0 Å². The van der Waals surface area contributed by atoms with Gasteiger partial charge in [-0.1, -0.05) is 30.3 Å². The highest BCUT2D eigenvalue weighted by Crippen LogP contribution is 2.21. The summed E-state index contributed by atoms with van der Waals surface area (Å²) in [7, 11) is 0. The van der Waals surface area contributed by atoms with Crippen molar-refractivity contribution in [3.05, 3.63) is 78.1 Å². The monoisotopic (exact) mass is 393 g/mol. The summed E-state index contributed by atoms with van der Waals surface area (Å²) < 4.78 is 18.8. The van der Waals surface area contributed by atoms with Crippen LogP contribution >= 0.6 is 0 Å². The highest BCUT2D eigenvalue weighted by Gasteiger charge is 2.21. The van der Waals surface area contributed by atoms with E-state index in [0.717, 1.165) is 38.3 Å². The average Bonchev–Trinajstić information content (AvgIpc) is 3.23. The number of hydrogen-bond donors (Lipinski definition) is 0. The van der Waals surface area contributed by atoms with Crippen LogP contribution in [0.1, 0.15) is 17.9 Å². The maximum Gasteiger partial charge on any atom is 0.223 e. The highest BCUT2D eigenvalue weighted by molar-refractivity contribution is 5.76. The Kier molecular flexibility index (Phi) is 6.00. The van der Waals surface area contributed by atoms with E-state index in [4.69, 9.17) is 4.42 Å². The van der Waals surface area contributed by atoms with Gasteiger partial charge in [0.05, 0.1) is 6.20 Å². The zero-order chi connectivity index (χ0) is 20.1. The van der Waals surface area contributed by atoms with Gasteiger partial charge in [0.25, 0.3) is 0 Å². The van der Waals surface area contributed by atoms with E-state index in [1.54, 1.807) is 18.3 Å². The lowest BCUT2D eigenvalue weighted by Gasteiger charge is -2.34. The van der Waals surface area contributed by atoms with Crippen molar-refractivity contribution in [1.29, 1.82) is 0 Å². The Hall–Kier alpha value is -2.99. The van der Waals surface area contributed by atoms with Crippen LogP contribution in [0.2, 0.25) is 0 Å². The Morgan fingerprint density at radius 2 is 1.72 bits per heavy atom. The molecule has 150 valence electrons. The first-order valence-corrected chi connectivity index (χ1v) is 9.92. The molecule has 0 N–H and O–H groups in total. The topological polar surface area (TPSA) is 49.6 Å². The third kappa shape index (κ3) is 5.09. The van der Waals surface area contributed by atoms with Crippen LogP contribution in [0, 0.1) is 5.82 Å². The summed E-state index contributed by atoms with van der Waals surface area (Å²) in [4.78, 5) is 21.1. The van der Waals surface area contributed by atoms with Crippen molar-refractivity contribution in [3.63, 3.8) is 0 Å². The second kappa shape index (κ2) is 9.01. The maximum absolute atomic E-state index is 13.0. The molecular weight excluding hydrogens is 369 g/mol. The predicted molar refractivity (Wildman–Crippen MR) is 109 cm³/mol. The number of hydrogen-bond acceptors (Lipinski definition) is 4. The van der Waals surface area contributed by atoms with E-state index in [2.05, 4.69) is 34.1 Å². The van der Waals surface area contributed by atoms with E-state index in [1.165, 1.54) is 17.7 Å². The molecule has 0 aliphatic carbocycles. The van der Waals surface area contributed by atoms with Gasteiger partial charge in [0, 0.05) is 51.1 Å². The van der Waals surface area contributed by atoms with Crippen molar-refractivity contribution >= 4 is 5.91 Å². The number of halogens is 1. The van der Waals surface area contributed by atoms with E-state index >= 15 is 0 Å². The third-order valence-corrected chi connectivity index (χ3v) is 5.21. The number of benzene rings is 2. The highest BCUT2D eigenvalue weighted by atomic mass is 19.1. The fourth-order valence-corrected chi connectivity index (χ4v) is 3.54. The summed E-state index contributed by atoms with van der Waals surface area (Å²) >= 11 is 0. The van der Waals surface area contributed by atoms with Crippen molar-refractivity contribution in [1.82, 2.24) is 14.8 Å². The van der Waals surface area contributed by atoms with Gasteiger partial charge < -0.3 is 9.32 Å². The predicted octanol–water partition coefficient (Wildman–Crippen LogP) is 3.76. The molecular formula is C23H24FN3O2. The van der Waals surface area contributed by atoms with Crippen LogP contribution in [0.15, 0.2) is 65.2 Å². The lowest BCUT2D eigenvalue weighted by Crippen LogP contribution is -2.48. The van der Waals surface area contributed by atoms with Crippen LogP contribution in [-0.2, 0) is 17.8 Å². The maximum atomic E-state index is 13.0. The van der Waals surface area contributed by atoms with Gasteiger partial charge in [0.1, 0.15) is 5.82 Å². The van der Waals surface area contributed by atoms with Crippen LogP contribution in [0.3, 0.4) is 0 Å². The summed E-state index contributed by atoms with van der Waals surface area (Å²) in [6.45, 7) is 4.18. The van der Waals surface area contributed by atoms with Gasteiger partial charge in [-0.05, 0) is 29.8 Å². The van der Waals surface area contributed by atoms with Crippen molar-refractivity contribution in [2.45, 2.75) is 19.4 Å². The SMILES string of the molecule is O=C(CCc1ncc(-c2ccc(F)cc2)o1)N1CCN(Cc2ccccc2)CC1. The van der Waals surface area contributed by atoms with Crippen molar-refractivity contribution in [2.75, 3.05) is 26.2 Å². The second-order valence-corrected chi connectivity index (χ2v) is 7.27. The van der Waals surface area contributed by atoms with Crippen LogP contribution in [0.4, 0.5) is 4.39 Å². The van der Waals surface area contributed by atoms with E-state index in [9.17, 15) is 9.18 Å². The number of carbonyl (C=O) groups excluding carboxylic acids is 1. The Morgan fingerprint density at radius 1 is 1.00 bits per heavy atom. The minimum absolute atomic E-state index is 0.130. The molecule has 2 heterocycles. The Morgan fingerprint density at radius 3 is 2.45 bits per heavy atom. The number of carbonyl (C=O) groups is 1. The first-order valence-electron chi connectivity index (χ1n) is 9.92. The summed E-state index contributed by atoms with van der Waals surface area (Å²) in [6.07, 6.45) is 2.46. The zero-order valence-corrected chi connectivity index (χ0v) is 16.3. The van der Waals surface area contributed by atoms with Gasteiger partial charge >= 0.3 is 0 Å². The smallest absolute Gasteiger partial charge is 0.223 e. The van der Waals surface area contributed by atoms with Crippen LogP contribution in [0.25, 0.3) is 11.3 Å². The summed E-state index contributed by atoms with van der Waals surface area (Å²) in [5, 5.41) is 0. The molecule has 3 aromatic rings. The fraction of sp³-hybridized carbons (Fsp3) is 0.304. The van der Waals surface area contributed by atoms with Gasteiger partial charge in [-0.15, -0.1) is 0 Å². The lowest BCUT2D eigenvalue weighted by atomic mass is 10.2. The minimum atomic E-state index is -0.289. The molecule has 1 aromatic heterocycles. The van der Waals surface area contributed by atoms with E-state index in [-0.39, 0.29) is 11.7 Å². The third-order valence-electron chi connectivity index (χ3n) is 5.21. The molecule has 6 heteroatoms. The number of aromatic nitrogens is 1. The largest absolute Gasteiger partial charge is 0.441 e. The van der Waals surface area contributed by atoms with Crippen LogP contribution < -0.4 is 0 Å². The second-order valence-electron chi connectivity index (χ2n) is 7.27. The first kappa shape index (κ1) is 19.3. The Bertz CT molecular complexity index is 932. The van der Waals surface area contributed by atoms with Gasteiger partial charge in [-0.2, -0.15) is 0 Å². The Labute approximate surface area is 169 Å². The lowest BCUT2D eigenvalue weighted by molar-refractivity contribution is -0.133. The normalized spacial score (nSPS) is 14.9. The van der Waals surface area contributed by atoms with Crippen LogP contribution in [-0.4, -0.2) is 46.9 Å². The molecule has 0 spiro atoms. The minimum Gasteiger partial charge on any atom is -0.441 e. The molecule has 29 heavy (non-hydrogen) atoms. The number of rotatable bonds is 6. The average molecular weight is 393 g/mol. The molecule has 2 aromatic carbocycles. The molecule has 0 radical (unpaired) electrons. The van der Waals surface area contributed by atoms with E-state index in [1.807, 2.05) is 11.0 Å². The molecule has 0 atom stereocenters. The summed E-state index contributed by atoms with van der Waals surface area (Å²) in [5.74, 6) is 0.955. The number of nitrogens with zero attached hydrogens (tertiary/aromatic N) is 3. The molecule has 4 rings (SSSR count). The molecule has 0 saturated carbocycles. The molecule has 1 aliphatic rings. The molecule has 1 fully saturated rings. The van der Waals surface area contributed by atoms with Crippen molar-refractivity contribution < 1.29 is 13.6 Å². The van der Waals surface area contributed by atoms with E-state index in [0.29, 0.717) is 24.5 Å². The fourth-order valence-electron chi connectivity index (χ4n) is 3.54. The Balaban J connectivity index is 1.24. The summed E-state index contributed by atoms with van der Waals surface area (Å²) in [6, 6.07) is 16.5.